The van der Waals surface area contributed by atoms with Crippen LogP contribution in [0, 0.1) is 5.82 Å². The van der Waals surface area contributed by atoms with Gasteiger partial charge < -0.3 is 24.2 Å². The van der Waals surface area contributed by atoms with Gasteiger partial charge in [0.1, 0.15) is 17.3 Å². The first kappa shape index (κ1) is 21.4. The van der Waals surface area contributed by atoms with Crippen molar-refractivity contribution in [3.8, 4) is 11.5 Å². The second kappa shape index (κ2) is 10.4. The third-order valence-electron chi connectivity index (χ3n) is 5.09. The predicted octanol–water partition coefficient (Wildman–Crippen LogP) is 2.54. The van der Waals surface area contributed by atoms with Crippen molar-refractivity contribution < 1.29 is 23.7 Å². The molecule has 0 unspecified atom stereocenters. The monoisotopic (exact) mass is 404 g/mol. The van der Waals surface area contributed by atoms with E-state index in [4.69, 9.17) is 14.2 Å². The van der Waals surface area contributed by atoms with Crippen LogP contribution in [-0.4, -0.2) is 69.7 Å². The third-order valence-corrected chi connectivity index (χ3v) is 5.09. The van der Waals surface area contributed by atoms with Crippen LogP contribution >= 0.6 is 0 Å². The molecule has 7 heteroatoms. The standard InChI is InChI=1S/C22H29FN2O4/c1-27-21-7-8-22(28-2)17(13-21)15-29-16-20(26)14-24-9-11-25(12-10-24)19-5-3-18(23)4-6-19/h3-8,13,20,26H,9-12,14-16H2,1-2H3/t20-/m0/s1. The molecule has 0 spiro atoms. The van der Waals surface area contributed by atoms with Gasteiger partial charge >= 0.3 is 0 Å². The fourth-order valence-corrected chi connectivity index (χ4v) is 3.49. The quantitative estimate of drug-likeness (QED) is 0.693. The molecule has 0 aliphatic carbocycles. The summed E-state index contributed by atoms with van der Waals surface area (Å²) in [6.07, 6.45) is -0.566. The lowest BCUT2D eigenvalue weighted by Crippen LogP contribution is -2.49. The van der Waals surface area contributed by atoms with Crippen LogP contribution in [0.1, 0.15) is 5.56 Å². The largest absolute Gasteiger partial charge is 0.497 e. The zero-order valence-corrected chi connectivity index (χ0v) is 17.0. The SMILES string of the molecule is COc1ccc(OC)c(COC[C@@H](O)CN2CCN(c3ccc(F)cc3)CC2)c1. The Hall–Kier alpha value is -2.35. The number of β-amino-alcohol motifs (C(OH)–C–C–N with tert-alkyl or cyclic N) is 1. The molecule has 2 aromatic rings. The van der Waals surface area contributed by atoms with E-state index >= 15 is 0 Å². The van der Waals surface area contributed by atoms with Crippen LogP contribution in [0.4, 0.5) is 10.1 Å². The van der Waals surface area contributed by atoms with Gasteiger partial charge in [-0.3, -0.25) is 4.90 Å². The Labute approximate surface area is 171 Å². The van der Waals surface area contributed by atoms with Gasteiger partial charge in [0.2, 0.25) is 0 Å². The van der Waals surface area contributed by atoms with Crippen molar-refractivity contribution in [3.63, 3.8) is 0 Å². The number of rotatable bonds is 9. The van der Waals surface area contributed by atoms with E-state index < -0.39 is 6.10 Å². The summed E-state index contributed by atoms with van der Waals surface area (Å²) in [5.74, 6) is 1.25. The van der Waals surface area contributed by atoms with E-state index in [-0.39, 0.29) is 12.4 Å². The van der Waals surface area contributed by atoms with Gasteiger partial charge in [-0.15, -0.1) is 0 Å². The molecule has 0 bridgehead atoms. The van der Waals surface area contributed by atoms with E-state index in [1.54, 1.807) is 26.4 Å². The van der Waals surface area contributed by atoms with Crippen LogP contribution in [-0.2, 0) is 11.3 Å². The minimum Gasteiger partial charge on any atom is -0.497 e. The van der Waals surface area contributed by atoms with Crippen LogP contribution in [0.15, 0.2) is 42.5 Å². The van der Waals surface area contributed by atoms with E-state index in [9.17, 15) is 9.50 Å². The second-order valence-electron chi connectivity index (χ2n) is 7.11. The summed E-state index contributed by atoms with van der Waals surface area (Å²) in [4.78, 5) is 4.45. The van der Waals surface area contributed by atoms with Gasteiger partial charge in [0.15, 0.2) is 0 Å². The van der Waals surface area contributed by atoms with E-state index in [1.807, 2.05) is 18.2 Å². The van der Waals surface area contributed by atoms with Crippen molar-refractivity contribution in [1.82, 2.24) is 4.90 Å². The van der Waals surface area contributed by atoms with Gasteiger partial charge in [-0.25, -0.2) is 4.39 Å². The number of hydrogen-bond acceptors (Lipinski definition) is 6. The summed E-state index contributed by atoms with van der Waals surface area (Å²) in [6.45, 7) is 4.54. The normalized spacial score (nSPS) is 15.9. The number of aliphatic hydroxyl groups excluding tert-OH is 1. The van der Waals surface area contributed by atoms with E-state index in [0.29, 0.717) is 13.2 Å². The van der Waals surface area contributed by atoms with Crippen LogP contribution in [0.2, 0.25) is 0 Å². The summed E-state index contributed by atoms with van der Waals surface area (Å²) in [5, 5.41) is 10.3. The summed E-state index contributed by atoms with van der Waals surface area (Å²) in [6, 6.07) is 12.1. The number of benzene rings is 2. The maximum Gasteiger partial charge on any atom is 0.124 e. The Kier molecular flexibility index (Phi) is 7.69. The molecule has 6 nitrogen and oxygen atoms in total. The number of aliphatic hydroxyl groups is 1. The van der Waals surface area contributed by atoms with Crippen LogP contribution in [0.3, 0.4) is 0 Å². The first-order valence-electron chi connectivity index (χ1n) is 9.78. The van der Waals surface area contributed by atoms with Crippen molar-refractivity contribution >= 4 is 5.69 Å². The fourth-order valence-electron chi connectivity index (χ4n) is 3.49. The van der Waals surface area contributed by atoms with Crippen molar-refractivity contribution in [1.29, 1.82) is 0 Å². The lowest BCUT2D eigenvalue weighted by molar-refractivity contribution is 0.00862. The molecule has 1 fully saturated rings. The van der Waals surface area contributed by atoms with Crippen LogP contribution in [0.25, 0.3) is 0 Å². The molecule has 1 N–H and O–H groups in total. The Morgan fingerprint density at radius 3 is 2.38 bits per heavy atom. The topological polar surface area (TPSA) is 54.4 Å². The molecule has 0 saturated carbocycles. The zero-order valence-electron chi connectivity index (χ0n) is 17.0. The molecule has 0 amide bonds. The van der Waals surface area contributed by atoms with Crippen molar-refractivity contribution in [3.05, 3.63) is 53.8 Å². The van der Waals surface area contributed by atoms with Gasteiger partial charge in [-0.2, -0.15) is 0 Å². The van der Waals surface area contributed by atoms with Crippen LogP contribution < -0.4 is 14.4 Å². The number of halogens is 1. The van der Waals surface area contributed by atoms with Gasteiger partial charge in [-0.05, 0) is 42.5 Å². The molecular weight excluding hydrogens is 375 g/mol. The Bertz CT molecular complexity index is 764. The lowest BCUT2D eigenvalue weighted by Gasteiger charge is -2.36. The number of anilines is 1. The van der Waals surface area contributed by atoms with Gasteiger partial charge in [-0.1, -0.05) is 0 Å². The van der Waals surface area contributed by atoms with Crippen molar-refractivity contribution in [2.24, 2.45) is 0 Å². The molecule has 1 heterocycles. The minimum absolute atomic E-state index is 0.220. The van der Waals surface area contributed by atoms with Crippen LogP contribution in [0.5, 0.6) is 11.5 Å². The Balaban J connectivity index is 1.40. The maximum atomic E-state index is 13.1. The first-order valence-corrected chi connectivity index (χ1v) is 9.78. The van der Waals surface area contributed by atoms with E-state index in [2.05, 4.69) is 9.80 Å². The van der Waals surface area contributed by atoms with Gasteiger partial charge in [0.05, 0.1) is 33.5 Å². The molecule has 2 aromatic carbocycles. The molecule has 3 rings (SSSR count). The highest BCUT2D eigenvalue weighted by molar-refractivity contribution is 5.46. The molecule has 158 valence electrons. The second-order valence-corrected chi connectivity index (χ2v) is 7.11. The number of nitrogens with zero attached hydrogens (tertiary/aromatic N) is 2. The Morgan fingerprint density at radius 2 is 1.72 bits per heavy atom. The summed E-state index contributed by atoms with van der Waals surface area (Å²) < 4.78 is 29.4. The Morgan fingerprint density at radius 1 is 1.00 bits per heavy atom. The average molecular weight is 404 g/mol. The molecule has 1 atom stereocenters. The summed E-state index contributed by atoms with van der Waals surface area (Å²) in [5.41, 5.74) is 1.91. The minimum atomic E-state index is -0.566. The molecule has 0 radical (unpaired) electrons. The number of ether oxygens (including phenoxy) is 3. The lowest BCUT2D eigenvalue weighted by atomic mass is 10.2. The molecule has 29 heavy (non-hydrogen) atoms. The maximum absolute atomic E-state index is 13.1. The molecular formula is C22H29FN2O4. The van der Waals surface area contributed by atoms with E-state index in [1.165, 1.54) is 12.1 Å². The first-order chi connectivity index (χ1) is 14.1. The van der Waals surface area contributed by atoms with Gasteiger partial charge in [0.25, 0.3) is 0 Å². The number of methoxy groups -OCH3 is 2. The summed E-state index contributed by atoms with van der Waals surface area (Å²) >= 11 is 0. The highest BCUT2D eigenvalue weighted by Crippen LogP contribution is 2.24. The molecule has 1 aliphatic rings. The third kappa shape index (κ3) is 6.06. The highest BCUT2D eigenvalue weighted by atomic mass is 19.1. The van der Waals surface area contributed by atoms with Crippen molar-refractivity contribution in [2.45, 2.75) is 12.7 Å². The van der Waals surface area contributed by atoms with E-state index in [0.717, 1.165) is 48.9 Å². The number of hydrogen-bond donors (Lipinski definition) is 1. The highest BCUT2D eigenvalue weighted by Gasteiger charge is 2.19. The van der Waals surface area contributed by atoms with Crippen molar-refractivity contribution in [2.75, 3.05) is 58.5 Å². The average Bonchev–Trinajstić information content (AvgIpc) is 2.75. The molecule has 0 aromatic heterocycles. The summed E-state index contributed by atoms with van der Waals surface area (Å²) in [7, 11) is 3.23. The predicted molar refractivity (Wildman–Crippen MR) is 110 cm³/mol. The molecule has 1 saturated heterocycles. The fraction of sp³-hybridized carbons (Fsp3) is 0.455. The molecule has 1 aliphatic heterocycles. The van der Waals surface area contributed by atoms with Gasteiger partial charge in [0, 0.05) is 44.0 Å². The smallest absolute Gasteiger partial charge is 0.124 e. The number of piperazine rings is 1. The zero-order chi connectivity index (χ0) is 20.6.